The molecular weight excluding hydrogens is 482 g/mol. The van der Waals surface area contributed by atoms with Gasteiger partial charge in [-0.2, -0.15) is 0 Å². The molecule has 0 aliphatic heterocycles. The van der Waals surface area contributed by atoms with Crippen LogP contribution >= 0.6 is 0 Å². The molecule has 4 unspecified atom stereocenters. The number of hydrogen-bond acceptors (Lipinski definition) is 5. The molecule has 0 aliphatic carbocycles. The van der Waals surface area contributed by atoms with E-state index in [1.54, 1.807) is 20.8 Å². The summed E-state index contributed by atoms with van der Waals surface area (Å²) in [4.78, 5) is 41.9. The molecule has 8 nitrogen and oxygen atoms in total. The molecule has 0 saturated carbocycles. The molecule has 1 aromatic carbocycles. The number of alkyl carbamates (subject to hydrolysis) is 1. The first-order valence-corrected chi connectivity index (χ1v) is 14.1. The zero-order valence-corrected chi connectivity index (χ0v) is 25.0. The van der Waals surface area contributed by atoms with Crippen LogP contribution in [0.15, 0.2) is 24.3 Å². The van der Waals surface area contributed by atoms with Gasteiger partial charge in [-0.05, 0) is 77.3 Å². The first kappa shape index (κ1) is 33.4. The SMILES string of the molecule is CCCC(C)NC(=O)C(c1ccc(CC)cc1)N(C(=O)C(CO)NC(=O)OC(C)(C)C)C(C)CCC(C)C. The molecule has 1 aromatic rings. The van der Waals surface area contributed by atoms with Crippen molar-refractivity contribution in [3.63, 3.8) is 0 Å². The molecule has 0 saturated heterocycles. The van der Waals surface area contributed by atoms with Crippen molar-refractivity contribution in [2.75, 3.05) is 6.61 Å². The van der Waals surface area contributed by atoms with Gasteiger partial charge in [0.05, 0.1) is 6.61 Å². The van der Waals surface area contributed by atoms with E-state index in [9.17, 15) is 19.5 Å². The summed E-state index contributed by atoms with van der Waals surface area (Å²) in [6, 6.07) is 5.12. The Hall–Kier alpha value is -2.61. The third-order valence-corrected chi connectivity index (χ3v) is 6.40. The minimum atomic E-state index is -1.26. The molecule has 8 heteroatoms. The summed E-state index contributed by atoms with van der Waals surface area (Å²) < 4.78 is 5.33. The van der Waals surface area contributed by atoms with Crippen molar-refractivity contribution in [2.24, 2.45) is 5.92 Å². The molecule has 0 radical (unpaired) electrons. The van der Waals surface area contributed by atoms with Gasteiger partial charge in [0, 0.05) is 12.1 Å². The second-order valence-corrected chi connectivity index (χ2v) is 11.6. The maximum atomic E-state index is 14.0. The molecule has 0 heterocycles. The minimum Gasteiger partial charge on any atom is -0.444 e. The highest BCUT2D eigenvalue weighted by Gasteiger charge is 2.39. The second-order valence-electron chi connectivity index (χ2n) is 11.6. The molecule has 0 spiro atoms. The first-order chi connectivity index (χ1) is 17.7. The average Bonchev–Trinajstić information content (AvgIpc) is 2.82. The van der Waals surface area contributed by atoms with Crippen LogP contribution in [0.2, 0.25) is 0 Å². The Kier molecular flexibility index (Phi) is 13.8. The topological polar surface area (TPSA) is 108 Å². The van der Waals surface area contributed by atoms with E-state index in [0.717, 1.165) is 31.2 Å². The van der Waals surface area contributed by atoms with Gasteiger partial charge in [0.25, 0.3) is 0 Å². The largest absolute Gasteiger partial charge is 0.444 e. The summed E-state index contributed by atoms with van der Waals surface area (Å²) >= 11 is 0. The number of carbonyl (C=O) groups is 3. The monoisotopic (exact) mass is 533 g/mol. The molecule has 3 amide bonds. The molecule has 38 heavy (non-hydrogen) atoms. The van der Waals surface area contributed by atoms with E-state index in [-0.39, 0.29) is 18.0 Å². The Labute approximate surface area is 229 Å². The van der Waals surface area contributed by atoms with Crippen LogP contribution in [0.25, 0.3) is 0 Å². The lowest BCUT2D eigenvalue weighted by molar-refractivity contribution is -0.146. The van der Waals surface area contributed by atoms with Crippen LogP contribution in [0.4, 0.5) is 4.79 Å². The number of aliphatic hydroxyl groups is 1. The van der Waals surface area contributed by atoms with Crippen molar-refractivity contribution < 1.29 is 24.2 Å². The Morgan fingerprint density at radius 3 is 2.03 bits per heavy atom. The minimum absolute atomic E-state index is 0.0682. The van der Waals surface area contributed by atoms with E-state index in [1.165, 1.54) is 4.90 Å². The van der Waals surface area contributed by atoms with Gasteiger partial charge in [0.1, 0.15) is 17.7 Å². The summed E-state index contributed by atoms with van der Waals surface area (Å²) in [6.07, 6.45) is 3.29. The number of ether oxygens (including phenoxy) is 1. The fraction of sp³-hybridized carbons (Fsp3) is 0.700. The Balaban J connectivity index is 3.54. The smallest absolute Gasteiger partial charge is 0.408 e. The summed E-state index contributed by atoms with van der Waals surface area (Å²) in [5, 5.41) is 15.7. The van der Waals surface area contributed by atoms with Crippen LogP contribution in [0.3, 0.4) is 0 Å². The lowest BCUT2D eigenvalue weighted by atomic mass is 9.96. The molecule has 0 bridgehead atoms. The molecule has 3 N–H and O–H groups in total. The number of benzene rings is 1. The van der Waals surface area contributed by atoms with Gasteiger partial charge in [-0.25, -0.2) is 4.79 Å². The van der Waals surface area contributed by atoms with Gasteiger partial charge in [0.15, 0.2) is 0 Å². The quantitative estimate of drug-likeness (QED) is 0.307. The Morgan fingerprint density at radius 1 is 0.947 bits per heavy atom. The van der Waals surface area contributed by atoms with Gasteiger partial charge in [0.2, 0.25) is 11.8 Å². The standard InChI is InChI=1S/C30H51N3O5/c1-10-12-21(5)31-27(35)26(24-17-15-23(11-2)16-18-24)33(22(6)14-13-20(3)4)28(36)25(19-34)32-29(37)38-30(7,8)9/h15-18,20-22,25-26,34H,10-14,19H2,1-9H3,(H,31,35)(H,32,37). The molecule has 216 valence electrons. The summed E-state index contributed by atoms with van der Waals surface area (Å²) in [7, 11) is 0. The number of hydrogen-bond donors (Lipinski definition) is 3. The predicted octanol–water partition coefficient (Wildman–Crippen LogP) is 5.13. The van der Waals surface area contributed by atoms with E-state index in [0.29, 0.717) is 17.9 Å². The lowest BCUT2D eigenvalue weighted by Gasteiger charge is -2.39. The number of amides is 3. The van der Waals surface area contributed by atoms with Crippen molar-refractivity contribution in [3.05, 3.63) is 35.4 Å². The van der Waals surface area contributed by atoms with Crippen molar-refractivity contribution in [1.29, 1.82) is 0 Å². The van der Waals surface area contributed by atoms with Gasteiger partial charge >= 0.3 is 6.09 Å². The van der Waals surface area contributed by atoms with Crippen LogP contribution < -0.4 is 10.6 Å². The Bertz CT molecular complexity index is 879. The third-order valence-electron chi connectivity index (χ3n) is 6.40. The number of rotatable bonds is 14. The maximum Gasteiger partial charge on any atom is 0.408 e. The van der Waals surface area contributed by atoms with E-state index in [1.807, 2.05) is 38.1 Å². The molecular formula is C30H51N3O5. The number of carbonyl (C=O) groups excluding carboxylic acids is 3. The van der Waals surface area contributed by atoms with Crippen LogP contribution in [0, 0.1) is 5.92 Å². The third kappa shape index (κ3) is 11.0. The second kappa shape index (κ2) is 15.7. The highest BCUT2D eigenvalue weighted by atomic mass is 16.6. The molecule has 0 fully saturated rings. The zero-order chi connectivity index (χ0) is 29.0. The number of aryl methyl sites for hydroxylation is 1. The van der Waals surface area contributed by atoms with Crippen LogP contribution in [-0.2, 0) is 20.7 Å². The maximum absolute atomic E-state index is 14.0. The van der Waals surface area contributed by atoms with Crippen molar-refractivity contribution in [2.45, 2.75) is 124 Å². The van der Waals surface area contributed by atoms with Gasteiger partial charge in [-0.15, -0.1) is 0 Å². The van der Waals surface area contributed by atoms with Gasteiger partial charge in [-0.3, -0.25) is 9.59 Å². The highest BCUT2D eigenvalue weighted by Crippen LogP contribution is 2.28. The lowest BCUT2D eigenvalue weighted by Crippen LogP contribution is -2.57. The number of nitrogens with one attached hydrogen (secondary N) is 2. The normalized spacial score (nSPS) is 14.8. The van der Waals surface area contributed by atoms with Crippen molar-refractivity contribution in [3.8, 4) is 0 Å². The van der Waals surface area contributed by atoms with E-state index >= 15 is 0 Å². The molecule has 1 rings (SSSR count). The fourth-order valence-electron chi connectivity index (χ4n) is 4.33. The predicted molar refractivity (Wildman–Crippen MR) is 152 cm³/mol. The summed E-state index contributed by atoms with van der Waals surface area (Å²) in [5.74, 6) is -0.407. The van der Waals surface area contributed by atoms with Crippen molar-refractivity contribution >= 4 is 17.9 Å². The van der Waals surface area contributed by atoms with Gasteiger partial charge < -0.3 is 25.4 Å². The van der Waals surface area contributed by atoms with Crippen LogP contribution in [-0.4, -0.2) is 58.2 Å². The van der Waals surface area contributed by atoms with Crippen molar-refractivity contribution in [1.82, 2.24) is 15.5 Å². The molecule has 0 aliphatic rings. The van der Waals surface area contributed by atoms with E-state index < -0.39 is 36.3 Å². The Morgan fingerprint density at radius 2 is 1.55 bits per heavy atom. The molecule has 0 aromatic heterocycles. The summed E-state index contributed by atoms with van der Waals surface area (Å²) in [5.41, 5.74) is 1.04. The van der Waals surface area contributed by atoms with Crippen LogP contribution in [0.5, 0.6) is 0 Å². The van der Waals surface area contributed by atoms with Gasteiger partial charge in [-0.1, -0.05) is 58.4 Å². The molecule has 4 atom stereocenters. The summed E-state index contributed by atoms with van der Waals surface area (Å²) in [6.45, 7) is 16.7. The number of nitrogens with zero attached hydrogens (tertiary/aromatic N) is 1. The fourth-order valence-corrected chi connectivity index (χ4v) is 4.33. The average molecular weight is 534 g/mol. The number of aliphatic hydroxyl groups excluding tert-OH is 1. The van der Waals surface area contributed by atoms with Crippen LogP contribution in [0.1, 0.15) is 105 Å². The zero-order valence-electron chi connectivity index (χ0n) is 25.0. The van der Waals surface area contributed by atoms with E-state index in [4.69, 9.17) is 4.74 Å². The van der Waals surface area contributed by atoms with E-state index in [2.05, 4.69) is 38.3 Å². The first-order valence-electron chi connectivity index (χ1n) is 14.1. The highest BCUT2D eigenvalue weighted by molar-refractivity contribution is 5.92.